The molecule has 1 nitrogen and oxygen atoms in total. The van der Waals surface area contributed by atoms with Gasteiger partial charge < -0.3 is 4.74 Å². The average molecular weight is 322 g/mol. The lowest BCUT2D eigenvalue weighted by molar-refractivity contribution is 0.00474. The van der Waals surface area contributed by atoms with E-state index in [0.717, 1.165) is 35.9 Å². The molecule has 1 aliphatic heterocycles. The Morgan fingerprint density at radius 1 is 1.41 bits per heavy atom. The Bertz CT molecular complexity index is 371. The van der Waals surface area contributed by atoms with Crippen LogP contribution < -0.4 is 0 Å². The maximum atomic E-state index is 13.3. The largest absolute Gasteiger partial charge is 0.381 e. The molecule has 1 aromatic rings. The molecule has 0 bridgehead atoms. The van der Waals surface area contributed by atoms with E-state index in [4.69, 9.17) is 16.3 Å². The van der Waals surface area contributed by atoms with Crippen LogP contribution in [0, 0.1) is 11.2 Å². The van der Waals surface area contributed by atoms with Gasteiger partial charge in [-0.15, -0.1) is 11.6 Å². The Kier molecular flexibility index (Phi) is 4.45. The van der Waals surface area contributed by atoms with Crippen LogP contribution in [0.25, 0.3) is 0 Å². The minimum Gasteiger partial charge on any atom is -0.381 e. The highest BCUT2D eigenvalue weighted by Crippen LogP contribution is 2.34. The molecule has 0 N–H and O–H groups in total. The van der Waals surface area contributed by atoms with Gasteiger partial charge in [-0.05, 0) is 43.0 Å². The van der Waals surface area contributed by atoms with Crippen LogP contribution >= 0.6 is 27.5 Å². The van der Waals surface area contributed by atoms with Crippen molar-refractivity contribution >= 4 is 27.5 Å². The summed E-state index contributed by atoms with van der Waals surface area (Å²) in [5.74, 6) is 0.344. The van der Waals surface area contributed by atoms with Crippen molar-refractivity contribution in [3.63, 3.8) is 0 Å². The average Bonchev–Trinajstić information content (AvgIpc) is 2.29. The zero-order chi connectivity index (χ0) is 12.3. The molecule has 4 heteroatoms. The summed E-state index contributed by atoms with van der Waals surface area (Å²) >= 11 is 9.39. The molecule has 0 spiro atoms. The molecule has 1 atom stereocenters. The zero-order valence-electron chi connectivity index (χ0n) is 9.52. The molecule has 1 aliphatic rings. The quantitative estimate of drug-likeness (QED) is 0.759. The Morgan fingerprint density at radius 2 is 2.24 bits per heavy atom. The predicted octanol–water partition coefficient (Wildman–Crippen LogP) is 4.17. The van der Waals surface area contributed by atoms with E-state index in [1.165, 1.54) is 6.07 Å². The summed E-state index contributed by atoms with van der Waals surface area (Å²) < 4.78 is 19.6. The van der Waals surface area contributed by atoms with Gasteiger partial charge in [0.05, 0.1) is 6.61 Å². The molecule has 1 fully saturated rings. The van der Waals surface area contributed by atoms with E-state index in [1.807, 2.05) is 6.07 Å². The first-order valence-corrected chi connectivity index (χ1v) is 7.05. The summed E-state index contributed by atoms with van der Waals surface area (Å²) in [6.45, 7) is 1.48. The Morgan fingerprint density at radius 3 is 2.82 bits per heavy atom. The van der Waals surface area contributed by atoms with Crippen molar-refractivity contribution in [2.75, 3.05) is 19.1 Å². The Labute approximate surface area is 114 Å². The molecule has 1 heterocycles. The normalized spacial score (nSPS) is 24.9. The second-order valence-corrected chi connectivity index (χ2v) is 5.93. The van der Waals surface area contributed by atoms with E-state index in [2.05, 4.69) is 15.9 Å². The van der Waals surface area contributed by atoms with E-state index in [9.17, 15) is 4.39 Å². The van der Waals surface area contributed by atoms with Crippen molar-refractivity contribution < 1.29 is 9.13 Å². The summed E-state index contributed by atoms with van der Waals surface area (Å²) in [5.41, 5.74) is 0.940. The van der Waals surface area contributed by atoms with Gasteiger partial charge in [0, 0.05) is 22.4 Å². The number of ether oxygens (including phenoxy) is 1. The fourth-order valence-electron chi connectivity index (χ4n) is 2.35. The van der Waals surface area contributed by atoms with Crippen molar-refractivity contribution in [1.82, 2.24) is 0 Å². The molecule has 0 saturated carbocycles. The summed E-state index contributed by atoms with van der Waals surface area (Å²) in [6, 6.07) is 4.99. The maximum absolute atomic E-state index is 13.3. The van der Waals surface area contributed by atoms with Gasteiger partial charge in [0.2, 0.25) is 0 Å². The molecule has 17 heavy (non-hydrogen) atoms. The molecule has 1 saturated heterocycles. The van der Waals surface area contributed by atoms with Crippen molar-refractivity contribution in [2.24, 2.45) is 5.41 Å². The highest BCUT2D eigenvalue weighted by molar-refractivity contribution is 9.10. The number of hydrogen-bond donors (Lipinski definition) is 0. The van der Waals surface area contributed by atoms with Gasteiger partial charge in [0.25, 0.3) is 0 Å². The summed E-state index contributed by atoms with van der Waals surface area (Å²) in [6.07, 6.45) is 2.85. The first-order valence-electron chi connectivity index (χ1n) is 5.72. The van der Waals surface area contributed by atoms with Crippen LogP contribution in [0.15, 0.2) is 22.7 Å². The van der Waals surface area contributed by atoms with Gasteiger partial charge in [-0.2, -0.15) is 0 Å². The van der Waals surface area contributed by atoms with E-state index in [0.29, 0.717) is 12.5 Å². The molecule has 1 unspecified atom stereocenters. The topological polar surface area (TPSA) is 9.23 Å². The maximum Gasteiger partial charge on any atom is 0.124 e. The molecule has 2 rings (SSSR count). The van der Waals surface area contributed by atoms with Crippen LogP contribution in [-0.2, 0) is 11.2 Å². The zero-order valence-corrected chi connectivity index (χ0v) is 11.9. The molecule has 0 aromatic heterocycles. The minimum atomic E-state index is -0.212. The highest BCUT2D eigenvalue weighted by Gasteiger charge is 2.32. The summed E-state index contributed by atoms with van der Waals surface area (Å²) in [5, 5.41) is 0. The second kappa shape index (κ2) is 5.68. The van der Waals surface area contributed by atoms with Gasteiger partial charge in [-0.25, -0.2) is 4.39 Å². The smallest absolute Gasteiger partial charge is 0.124 e. The molecular formula is C13H15BrClFO. The fourth-order valence-corrected chi connectivity index (χ4v) is 3.17. The van der Waals surface area contributed by atoms with Gasteiger partial charge in [-0.1, -0.05) is 15.9 Å². The first-order chi connectivity index (χ1) is 8.13. The molecular weight excluding hydrogens is 306 g/mol. The molecule has 1 aromatic carbocycles. The van der Waals surface area contributed by atoms with Crippen LogP contribution in [0.3, 0.4) is 0 Å². The van der Waals surface area contributed by atoms with E-state index in [1.54, 1.807) is 6.07 Å². The first kappa shape index (κ1) is 13.3. The summed E-state index contributed by atoms with van der Waals surface area (Å²) in [4.78, 5) is 0. The fraction of sp³-hybridized carbons (Fsp3) is 0.538. The van der Waals surface area contributed by atoms with Crippen molar-refractivity contribution in [2.45, 2.75) is 19.3 Å². The van der Waals surface area contributed by atoms with Crippen LogP contribution in [-0.4, -0.2) is 19.1 Å². The van der Waals surface area contributed by atoms with Crippen LogP contribution in [0.4, 0.5) is 4.39 Å². The SMILES string of the molecule is Fc1cc(Br)cc(CC2(CCl)CCCOC2)c1. The number of alkyl halides is 1. The lowest BCUT2D eigenvalue weighted by atomic mass is 9.79. The van der Waals surface area contributed by atoms with E-state index >= 15 is 0 Å². The van der Waals surface area contributed by atoms with Gasteiger partial charge in [-0.3, -0.25) is 0 Å². The van der Waals surface area contributed by atoms with Crippen molar-refractivity contribution in [3.8, 4) is 0 Å². The second-order valence-electron chi connectivity index (χ2n) is 4.74. The third-order valence-corrected chi connectivity index (χ3v) is 4.21. The standard InChI is InChI=1S/C13H15BrClFO/c14-11-4-10(5-12(16)6-11)7-13(8-15)2-1-3-17-9-13/h4-6H,1-3,7-9H2. The molecule has 94 valence electrons. The number of hydrogen-bond acceptors (Lipinski definition) is 1. The van der Waals surface area contributed by atoms with Gasteiger partial charge in [0.1, 0.15) is 5.82 Å². The Balaban J connectivity index is 2.17. The van der Waals surface area contributed by atoms with Gasteiger partial charge in [0.15, 0.2) is 0 Å². The molecule has 0 aliphatic carbocycles. The van der Waals surface area contributed by atoms with E-state index < -0.39 is 0 Å². The third kappa shape index (κ3) is 3.43. The summed E-state index contributed by atoms with van der Waals surface area (Å²) in [7, 11) is 0. The van der Waals surface area contributed by atoms with E-state index in [-0.39, 0.29) is 11.2 Å². The number of benzene rings is 1. The van der Waals surface area contributed by atoms with Crippen molar-refractivity contribution in [1.29, 1.82) is 0 Å². The monoisotopic (exact) mass is 320 g/mol. The third-order valence-electron chi connectivity index (χ3n) is 3.19. The lowest BCUT2D eigenvalue weighted by Crippen LogP contribution is -2.35. The highest BCUT2D eigenvalue weighted by atomic mass is 79.9. The number of halogens is 3. The number of rotatable bonds is 3. The van der Waals surface area contributed by atoms with Crippen molar-refractivity contribution in [3.05, 3.63) is 34.1 Å². The molecule has 0 radical (unpaired) electrons. The van der Waals surface area contributed by atoms with Crippen LogP contribution in [0.1, 0.15) is 18.4 Å². The predicted molar refractivity (Wildman–Crippen MR) is 71.0 cm³/mol. The van der Waals surface area contributed by atoms with Crippen LogP contribution in [0.2, 0.25) is 0 Å². The Hall–Kier alpha value is -0.120. The minimum absolute atomic E-state index is 0.0347. The van der Waals surface area contributed by atoms with Crippen LogP contribution in [0.5, 0.6) is 0 Å². The lowest BCUT2D eigenvalue weighted by Gasteiger charge is -2.35. The van der Waals surface area contributed by atoms with Gasteiger partial charge >= 0.3 is 0 Å². The molecule has 0 amide bonds.